The van der Waals surface area contributed by atoms with Crippen LogP contribution >= 0.6 is 0 Å². The van der Waals surface area contributed by atoms with Gasteiger partial charge in [0.25, 0.3) is 0 Å². The van der Waals surface area contributed by atoms with Gasteiger partial charge in [0.05, 0.1) is 0 Å². The first-order valence-electron chi connectivity index (χ1n) is 5.28. The molecular formula is C11H17N3O2. The van der Waals surface area contributed by atoms with E-state index in [1.54, 1.807) is 0 Å². The van der Waals surface area contributed by atoms with Crippen LogP contribution in [0.4, 0.5) is 5.95 Å². The fourth-order valence-corrected chi connectivity index (χ4v) is 1.65. The zero-order valence-electron chi connectivity index (χ0n) is 10.0. The van der Waals surface area contributed by atoms with Gasteiger partial charge < -0.3 is 10.0 Å². The molecule has 1 heterocycles. The van der Waals surface area contributed by atoms with Crippen LogP contribution in [-0.2, 0) is 0 Å². The van der Waals surface area contributed by atoms with E-state index >= 15 is 0 Å². The standard InChI is InChI=1S/C11H17N3O2/c1-7(2)14(8(3)4)11-12-6-5-9(13-11)10(15)16/h5-8H,1-4H3,(H,15,16). The number of anilines is 1. The molecule has 0 amide bonds. The maximum Gasteiger partial charge on any atom is 0.354 e. The fraction of sp³-hybridized carbons (Fsp3) is 0.545. The predicted molar refractivity (Wildman–Crippen MR) is 61.7 cm³/mol. The lowest BCUT2D eigenvalue weighted by molar-refractivity contribution is 0.0690. The van der Waals surface area contributed by atoms with E-state index < -0.39 is 5.97 Å². The van der Waals surface area contributed by atoms with Crippen LogP contribution in [0.15, 0.2) is 12.3 Å². The van der Waals surface area contributed by atoms with Crippen molar-refractivity contribution in [2.24, 2.45) is 0 Å². The molecule has 1 rings (SSSR count). The number of carboxylic acids is 1. The van der Waals surface area contributed by atoms with Crippen LogP contribution in [0.25, 0.3) is 0 Å². The maximum atomic E-state index is 10.8. The molecule has 0 aliphatic heterocycles. The summed E-state index contributed by atoms with van der Waals surface area (Å²) in [6, 6.07) is 1.85. The van der Waals surface area contributed by atoms with Gasteiger partial charge in [-0.1, -0.05) is 0 Å². The molecule has 0 bridgehead atoms. The Morgan fingerprint density at radius 2 is 1.88 bits per heavy atom. The summed E-state index contributed by atoms with van der Waals surface area (Å²) in [5, 5.41) is 8.86. The van der Waals surface area contributed by atoms with Crippen LogP contribution in [0.3, 0.4) is 0 Å². The molecule has 0 aromatic carbocycles. The highest BCUT2D eigenvalue weighted by Crippen LogP contribution is 2.14. The highest BCUT2D eigenvalue weighted by Gasteiger charge is 2.18. The summed E-state index contributed by atoms with van der Waals surface area (Å²) in [7, 11) is 0. The van der Waals surface area contributed by atoms with Gasteiger partial charge in [-0.25, -0.2) is 14.8 Å². The van der Waals surface area contributed by atoms with Gasteiger partial charge in [-0.05, 0) is 33.8 Å². The molecule has 1 aromatic rings. The number of carbonyl (C=O) groups is 1. The van der Waals surface area contributed by atoms with Gasteiger partial charge in [-0.3, -0.25) is 0 Å². The van der Waals surface area contributed by atoms with Crippen LogP contribution in [-0.4, -0.2) is 33.1 Å². The largest absolute Gasteiger partial charge is 0.477 e. The third-order valence-corrected chi connectivity index (χ3v) is 2.21. The van der Waals surface area contributed by atoms with E-state index in [1.165, 1.54) is 12.3 Å². The van der Waals surface area contributed by atoms with Crippen molar-refractivity contribution >= 4 is 11.9 Å². The molecule has 1 aromatic heterocycles. The van der Waals surface area contributed by atoms with Crippen molar-refractivity contribution < 1.29 is 9.90 Å². The normalized spacial score (nSPS) is 10.9. The fourth-order valence-electron chi connectivity index (χ4n) is 1.65. The van der Waals surface area contributed by atoms with E-state index in [0.717, 1.165) is 0 Å². The third-order valence-electron chi connectivity index (χ3n) is 2.21. The molecule has 0 saturated carbocycles. The lowest BCUT2D eigenvalue weighted by Crippen LogP contribution is -2.38. The Morgan fingerprint density at radius 3 is 2.31 bits per heavy atom. The van der Waals surface area contributed by atoms with Crippen molar-refractivity contribution in [2.75, 3.05) is 4.90 Å². The van der Waals surface area contributed by atoms with Crippen molar-refractivity contribution in [3.05, 3.63) is 18.0 Å². The Bertz CT molecular complexity index is 369. The van der Waals surface area contributed by atoms with Crippen molar-refractivity contribution in [3.8, 4) is 0 Å². The molecule has 5 nitrogen and oxygen atoms in total. The van der Waals surface area contributed by atoms with E-state index in [9.17, 15) is 4.79 Å². The van der Waals surface area contributed by atoms with Gasteiger partial charge in [-0.15, -0.1) is 0 Å². The third kappa shape index (κ3) is 2.68. The minimum atomic E-state index is -1.03. The molecule has 0 spiro atoms. The number of rotatable bonds is 4. The zero-order valence-corrected chi connectivity index (χ0v) is 10.0. The van der Waals surface area contributed by atoms with Gasteiger partial charge in [0.2, 0.25) is 5.95 Å². The van der Waals surface area contributed by atoms with E-state index in [2.05, 4.69) is 9.97 Å². The summed E-state index contributed by atoms with van der Waals surface area (Å²) in [6.45, 7) is 8.10. The molecule has 0 fully saturated rings. The summed E-state index contributed by atoms with van der Waals surface area (Å²) >= 11 is 0. The molecule has 88 valence electrons. The van der Waals surface area contributed by atoms with Gasteiger partial charge in [-0.2, -0.15) is 0 Å². The monoisotopic (exact) mass is 223 g/mol. The van der Waals surface area contributed by atoms with Gasteiger partial charge >= 0.3 is 5.97 Å². The minimum absolute atomic E-state index is 0.0244. The summed E-state index contributed by atoms with van der Waals surface area (Å²) in [4.78, 5) is 20.9. The minimum Gasteiger partial charge on any atom is -0.477 e. The lowest BCUT2D eigenvalue weighted by atomic mass is 10.2. The summed E-state index contributed by atoms with van der Waals surface area (Å²) in [5.74, 6) is -0.569. The first-order chi connectivity index (χ1) is 7.43. The van der Waals surface area contributed by atoms with Gasteiger partial charge in [0.1, 0.15) is 0 Å². The number of hydrogen-bond acceptors (Lipinski definition) is 4. The van der Waals surface area contributed by atoms with E-state index in [4.69, 9.17) is 5.11 Å². The first kappa shape index (κ1) is 12.4. The van der Waals surface area contributed by atoms with Crippen molar-refractivity contribution in [1.82, 2.24) is 9.97 Å². The summed E-state index contributed by atoms with van der Waals surface area (Å²) in [5.41, 5.74) is 0.0244. The Kier molecular flexibility index (Phi) is 3.82. The second-order valence-electron chi connectivity index (χ2n) is 4.14. The topological polar surface area (TPSA) is 66.3 Å². The predicted octanol–water partition coefficient (Wildman–Crippen LogP) is 1.80. The van der Waals surface area contributed by atoms with Crippen LogP contribution in [0.2, 0.25) is 0 Å². The number of aromatic nitrogens is 2. The molecule has 16 heavy (non-hydrogen) atoms. The molecule has 1 N–H and O–H groups in total. The SMILES string of the molecule is CC(C)N(c1nccc(C(=O)O)n1)C(C)C. The summed E-state index contributed by atoms with van der Waals surface area (Å²) < 4.78 is 0. The average molecular weight is 223 g/mol. The van der Waals surface area contributed by atoms with Crippen LogP contribution < -0.4 is 4.90 Å². The molecule has 0 aliphatic carbocycles. The second-order valence-corrected chi connectivity index (χ2v) is 4.14. The molecule has 0 radical (unpaired) electrons. The van der Waals surface area contributed by atoms with Gasteiger partial charge in [0, 0.05) is 18.3 Å². The molecule has 0 unspecified atom stereocenters. The number of aromatic carboxylic acids is 1. The van der Waals surface area contributed by atoms with E-state index in [1.807, 2.05) is 32.6 Å². The maximum absolute atomic E-state index is 10.8. The van der Waals surface area contributed by atoms with Crippen LogP contribution in [0.1, 0.15) is 38.2 Å². The Balaban J connectivity index is 3.10. The molecular weight excluding hydrogens is 206 g/mol. The van der Waals surface area contributed by atoms with Crippen molar-refractivity contribution in [1.29, 1.82) is 0 Å². The van der Waals surface area contributed by atoms with Crippen LogP contribution in [0, 0.1) is 0 Å². The second kappa shape index (κ2) is 4.92. The number of hydrogen-bond donors (Lipinski definition) is 1. The number of nitrogens with zero attached hydrogens (tertiary/aromatic N) is 3. The van der Waals surface area contributed by atoms with Gasteiger partial charge in [0.15, 0.2) is 5.69 Å². The Labute approximate surface area is 95.1 Å². The molecule has 5 heteroatoms. The lowest BCUT2D eigenvalue weighted by Gasteiger charge is -2.30. The quantitative estimate of drug-likeness (QED) is 0.843. The molecule has 0 saturated heterocycles. The zero-order chi connectivity index (χ0) is 12.3. The number of carboxylic acid groups (broad SMARTS) is 1. The van der Waals surface area contributed by atoms with E-state index in [0.29, 0.717) is 5.95 Å². The van der Waals surface area contributed by atoms with Crippen molar-refractivity contribution in [3.63, 3.8) is 0 Å². The summed E-state index contributed by atoms with van der Waals surface area (Å²) in [6.07, 6.45) is 1.48. The highest BCUT2D eigenvalue weighted by atomic mass is 16.4. The Morgan fingerprint density at radius 1 is 1.31 bits per heavy atom. The van der Waals surface area contributed by atoms with Crippen LogP contribution in [0.5, 0.6) is 0 Å². The molecule has 0 aliphatic rings. The smallest absolute Gasteiger partial charge is 0.354 e. The average Bonchev–Trinajstić information content (AvgIpc) is 2.16. The first-order valence-corrected chi connectivity index (χ1v) is 5.28. The highest BCUT2D eigenvalue weighted by molar-refractivity contribution is 5.85. The van der Waals surface area contributed by atoms with E-state index in [-0.39, 0.29) is 17.8 Å². The van der Waals surface area contributed by atoms with Crippen molar-refractivity contribution in [2.45, 2.75) is 39.8 Å². The molecule has 0 atom stereocenters. The Hall–Kier alpha value is -1.65.